The van der Waals surface area contributed by atoms with Gasteiger partial charge in [-0.15, -0.1) is 0 Å². The molecule has 4 heteroatoms. The highest BCUT2D eigenvalue weighted by Gasteiger charge is 2.04. The summed E-state index contributed by atoms with van der Waals surface area (Å²) in [6, 6.07) is 3.25. The van der Waals surface area contributed by atoms with Crippen LogP contribution in [0.4, 0.5) is 0 Å². The molecule has 0 saturated heterocycles. The molecule has 0 bridgehead atoms. The summed E-state index contributed by atoms with van der Waals surface area (Å²) in [5.74, 6) is -0.0824. The number of hydrogen-bond donors (Lipinski definition) is 1. The summed E-state index contributed by atoms with van der Waals surface area (Å²) in [5.41, 5.74) is 0.797. The predicted octanol–water partition coefficient (Wildman–Crippen LogP) is 3.53. The normalized spacial score (nSPS) is 11.1. The molecule has 1 aromatic rings. The third-order valence-corrected chi connectivity index (χ3v) is 2.21. The van der Waals surface area contributed by atoms with Gasteiger partial charge in [0.15, 0.2) is 5.75 Å². The standard InChI is InChI=1S/C10H11Cl2NO/c1-2-3-13-6-7-4-8(11)10(14)9(12)5-7/h4-6,14H,2-3H2,1H3. The van der Waals surface area contributed by atoms with Crippen molar-refractivity contribution in [3.8, 4) is 5.75 Å². The second kappa shape index (κ2) is 5.23. The molecule has 0 spiro atoms. The maximum absolute atomic E-state index is 9.29. The smallest absolute Gasteiger partial charge is 0.152 e. The Labute approximate surface area is 93.2 Å². The first-order valence-corrected chi connectivity index (χ1v) is 5.08. The van der Waals surface area contributed by atoms with Gasteiger partial charge in [0.25, 0.3) is 0 Å². The van der Waals surface area contributed by atoms with E-state index in [2.05, 4.69) is 4.99 Å². The molecule has 0 aliphatic heterocycles. The summed E-state index contributed by atoms with van der Waals surface area (Å²) < 4.78 is 0. The van der Waals surface area contributed by atoms with Crippen LogP contribution in [0.1, 0.15) is 18.9 Å². The van der Waals surface area contributed by atoms with Crippen LogP contribution in [0.3, 0.4) is 0 Å². The second-order valence-corrected chi connectivity index (χ2v) is 3.68. The second-order valence-electron chi connectivity index (χ2n) is 2.87. The highest BCUT2D eigenvalue weighted by atomic mass is 35.5. The first-order chi connectivity index (χ1) is 6.65. The molecule has 0 atom stereocenters. The van der Waals surface area contributed by atoms with Crippen molar-refractivity contribution < 1.29 is 5.11 Å². The summed E-state index contributed by atoms with van der Waals surface area (Å²) >= 11 is 11.5. The number of aliphatic imine (C=N–C) groups is 1. The molecular weight excluding hydrogens is 221 g/mol. The van der Waals surface area contributed by atoms with Crippen LogP contribution in [0.15, 0.2) is 17.1 Å². The Hall–Kier alpha value is -0.730. The lowest BCUT2D eigenvalue weighted by atomic mass is 10.2. The van der Waals surface area contributed by atoms with Crippen molar-refractivity contribution in [3.63, 3.8) is 0 Å². The zero-order chi connectivity index (χ0) is 10.6. The van der Waals surface area contributed by atoms with Gasteiger partial charge in [0.2, 0.25) is 0 Å². The van der Waals surface area contributed by atoms with Crippen molar-refractivity contribution in [2.45, 2.75) is 13.3 Å². The van der Waals surface area contributed by atoms with Crippen LogP contribution in [-0.2, 0) is 0 Å². The van der Waals surface area contributed by atoms with Crippen molar-refractivity contribution in [1.82, 2.24) is 0 Å². The topological polar surface area (TPSA) is 32.6 Å². The molecule has 0 aliphatic rings. The molecule has 0 saturated carbocycles. The van der Waals surface area contributed by atoms with Crippen LogP contribution in [0, 0.1) is 0 Å². The van der Waals surface area contributed by atoms with E-state index >= 15 is 0 Å². The first kappa shape index (κ1) is 11.3. The Balaban J connectivity index is 2.89. The summed E-state index contributed by atoms with van der Waals surface area (Å²) in [6.45, 7) is 2.82. The third-order valence-electron chi connectivity index (χ3n) is 1.63. The van der Waals surface area contributed by atoms with Gasteiger partial charge < -0.3 is 5.11 Å². The van der Waals surface area contributed by atoms with Crippen LogP contribution >= 0.6 is 23.2 Å². The molecule has 0 radical (unpaired) electrons. The number of phenols is 1. The fourth-order valence-corrected chi connectivity index (χ4v) is 1.46. The molecule has 1 rings (SSSR count). The van der Waals surface area contributed by atoms with E-state index in [1.165, 1.54) is 0 Å². The van der Waals surface area contributed by atoms with Crippen LogP contribution in [0.5, 0.6) is 5.75 Å². The van der Waals surface area contributed by atoms with Crippen molar-refractivity contribution in [1.29, 1.82) is 0 Å². The number of halogens is 2. The molecule has 0 fully saturated rings. The average Bonchev–Trinajstić information content (AvgIpc) is 2.14. The fourth-order valence-electron chi connectivity index (χ4n) is 0.959. The Morgan fingerprint density at radius 1 is 1.36 bits per heavy atom. The van der Waals surface area contributed by atoms with Gasteiger partial charge in [-0.25, -0.2) is 0 Å². The largest absolute Gasteiger partial charge is 0.505 e. The van der Waals surface area contributed by atoms with E-state index in [-0.39, 0.29) is 15.8 Å². The quantitative estimate of drug-likeness (QED) is 0.794. The Morgan fingerprint density at radius 2 is 1.93 bits per heavy atom. The van der Waals surface area contributed by atoms with Gasteiger partial charge in [-0.3, -0.25) is 4.99 Å². The number of rotatable bonds is 3. The number of benzene rings is 1. The number of hydrogen-bond acceptors (Lipinski definition) is 2. The number of nitrogens with zero attached hydrogens (tertiary/aromatic N) is 1. The van der Waals surface area contributed by atoms with Gasteiger partial charge >= 0.3 is 0 Å². The van der Waals surface area contributed by atoms with Crippen LogP contribution in [-0.4, -0.2) is 17.9 Å². The van der Waals surface area contributed by atoms with E-state index in [1.54, 1.807) is 18.3 Å². The summed E-state index contributed by atoms with van der Waals surface area (Å²) in [4.78, 5) is 4.15. The average molecular weight is 232 g/mol. The van der Waals surface area contributed by atoms with Crippen molar-refractivity contribution in [2.75, 3.05) is 6.54 Å². The molecular formula is C10H11Cl2NO. The Morgan fingerprint density at radius 3 is 2.43 bits per heavy atom. The van der Waals surface area contributed by atoms with Crippen LogP contribution in [0.2, 0.25) is 10.0 Å². The molecule has 1 aromatic carbocycles. The lowest BCUT2D eigenvalue weighted by Crippen LogP contribution is -1.84. The minimum absolute atomic E-state index is 0.0824. The van der Waals surface area contributed by atoms with Crippen molar-refractivity contribution in [2.24, 2.45) is 4.99 Å². The molecule has 14 heavy (non-hydrogen) atoms. The van der Waals surface area contributed by atoms with E-state index in [4.69, 9.17) is 23.2 Å². The van der Waals surface area contributed by atoms with Crippen molar-refractivity contribution in [3.05, 3.63) is 27.7 Å². The van der Waals surface area contributed by atoms with Crippen molar-refractivity contribution >= 4 is 29.4 Å². The maximum atomic E-state index is 9.29. The highest BCUT2D eigenvalue weighted by molar-refractivity contribution is 6.37. The minimum atomic E-state index is -0.0824. The third kappa shape index (κ3) is 2.89. The molecule has 0 aliphatic carbocycles. The molecule has 0 heterocycles. The van der Waals surface area contributed by atoms with Crippen LogP contribution < -0.4 is 0 Å². The summed E-state index contributed by atoms with van der Waals surface area (Å²) in [7, 11) is 0. The van der Waals surface area contributed by atoms with E-state index in [0.29, 0.717) is 0 Å². The van der Waals surface area contributed by atoms with Crippen LogP contribution in [0.25, 0.3) is 0 Å². The van der Waals surface area contributed by atoms with E-state index in [9.17, 15) is 5.11 Å². The lowest BCUT2D eigenvalue weighted by molar-refractivity contribution is 0.476. The lowest BCUT2D eigenvalue weighted by Gasteiger charge is -2.00. The highest BCUT2D eigenvalue weighted by Crippen LogP contribution is 2.32. The molecule has 0 unspecified atom stereocenters. The van der Waals surface area contributed by atoms with Gasteiger partial charge in [0, 0.05) is 12.8 Å². The molecule has 2 nitrogen and oxygen atoms in total. The fraction of sp³-hybridized carbons (Fsp3) is 0.300. The number of phenolic OH excluding ortho intramolecular Hbond substituents is 1. The first-order valence-electron chi connectivity index (χ1n) is 4.33. The van der Waals surface area contributed by atoms with Gasteiger partial charge in [0.05, 0.1) is 10.0 Å². The predicted molar refractivity (Wildman–Crippen MR) is 60.9 cm³/mol. The molecule has 1 N–H and O–H groups in total. The van der Waals surface area contributed by atoms with E-state index in [0.717, 1.165) is 18.5 Å². The molecule has 0 aromatic heterocycles. The monoisotopic (exact) mass is 231 g/mol. The Kier molecular flexibility index (Phi) is 4.23. The van der Waals surface area contributed by atoms with Gasteiger partial charge in [-0.2, -0.15) is 0 Å². The minimum Gasteiger partial charge on any atom is -0.505 e. The van der Waals surface area contributed by atoms with Gasteiger partial charge in [0.1, 0.15) is 0 Å². The number of aromatic hydroxyl groups is 1. The van der Waals surface area contributed by atoms with E-state index < -0.39 is 0 Å². The molecule has 76 valence electrons. The zero-order valence-electron chi connectivity index (χ0n) is 7.80. The van der Waals surface area contributed by atoms with E-state index in [1.807, 2.05) is 6.92 Å². The van der Waals surface area contributed by atoms with Gasteiger partial charge in [-0.05, 0) is 24.1 Å². The summed E-state index contributed by atoms with van der Waals surface area (Å²) in [6.07, 6.45) is 2.69. The van der Waals surface area contributed by atoms with Gasteiger partial charge in [-0.1, -0.05) is 30.1 Å². The molecule has 0 amide bonds. The SMILES string of the molecule is CCCN=Cc1cc(Cl)c(O)c(Cl)c1. The maximum Gasteiger partial charge on any atom is 0.152 e. The Bertz CT molecular complexity index is 327. The zero-order valence-corrected chi connectivity index (χ0v) is 9.31. The summed E-state index contributed by atoms with van der Waals surface area (Å²) in [5, 5.41) is 9.79.